The summed E-state index contributed by atoms with van der Waals surface area (Å²) in [4.78, 5) is 21.5. The van der Waals surface area contributed by atoms with Crippen molar-refractivity contribution in [1.82, 2.24) is 14.8 Å². The van der Waals surface area contributed by atoms with Gasteiger partial charge < -0.3 is 25.5 Å². The second kappa shape index (κ2) is 8.07. The van der Waals surface area contributed by atoms with Crippen molar-refractivity contribution in [2.75, 3.05) is 0 Å². The maximum Gasteiger partial charge on any atom is 1.00 e. The molecule has 1 aromatic heterocycles. The van der Waals surface area contributed by atoms with Gasteiger partial charge in [-0.05, 0) is 0 Å². The largest absolute Gasteiger partial charge is 1.00 e. The van der Waals surface area contributed by atoms with E-state index in [0.717, 1.165) is 0 Å². The molecule has 0 aromatic carbocycles. The molecular formula is C4H3K2N5O5. The van der Waals surface area contributed by atoms with E-state index < -0.39 is 21.5 Å². The van der Waals surface area contributed by atoms with Crippen molar-refractivity contribution in [2.45, 2.75) is 6.92 Å². The Morgan fingerprint density at radius 2 is 1.88 bits per heavy atom. The van der Waals surface area contributed by atoms with Gasteiger partial charge in [0.25, 0.3) is 0 Å². The van der Waals surface area contributed by atoms with Gasteiger partial charge in [0.05, 0.1) is 4.92 Å². The van der Waals surface area contributed by atoms with Gasteiger partial charge in [-0.1, -0.05) is 0 Å². The number of hydrogen-bond acceptors (Lipinski definition) is 6. The monoisotopic (exact) mass is 279 g/mol. The Balaban J connectivity index is 0. The van der Waals surface area contributed by atoms with Gasteiger partial charge in [-0.3, -0.25) is 4.79 Å². The third kappa shape index (κ3) is 4.63. The molecule has 0 spiro atoms. The van der Waals surface area contributed by atoms with E-state index in [1.54, 1.807) is 0 Å². The maximum absolute atomic E-state index is 10.6. The molecule has 12 heteroatoms. The van der Waals surface area contributed by atoms with E-state index in [-0.39, 0.29) is 113 Å². The van der Waals surface area contributed by atoms with Crippen LogP contribution in [0.5, 0.6) is 0 Å². The van der Waals surface area contributed by atoms with Crippen molar-refractivity contribution in [3.8, 4) is 0 Å². The minimum atomic E-state index is -1.42. The van der Waals surface area contributed by atoms with Crippen LogP contribution in [-0.2, 0) is 0 Å². The molecule has 0 aliphatic rings. The first-order chi connectivity index (χ1) is 6.43. The van der Waals surface area contributed by atoms with Crippen molar-refractivity contribution < 1.29 is 113 Å². The third-order valence-electron chi connectivity index (χ3n) is 1.27. The average molecular weight is 279 g/mol. The second-order valence-corrected chi connectivity index (χ2v) is 2.17. The van der Waals surface area contributed by atoms with Crippen molar-refractivity contribution in [2.24, 2.45) is 0 Å². The number of nitrogens with zero attached hydrogens (tertiary/aromatic N) is 5. The van der Waals surface area contributed by atoms with Gasteiger partial charge in [0.2, 0.25) is 5.69 Å². The first kappa shape index (κ1) is 19.2. The molecule has 0 atom stereocenters. The van der Waals surface area contributed by atoms with Crippen LogP contribution in [0.1, 0.15) is 5.82 Å². The zero-order valence-electron chi connectivity index (χ0n) is 8.78. The molecule has 0 saturated carbocycles. The van der Waals surface area contributed by atoms with Crippen molar-refractivity contribution >= 4 is 5.96 Å². The van der Waals surface area contributed by atoms with Crippen molar-refractivity contribution in [3.63, 3.8) is 0 Å². The van der Waals surface area contributed by atoms with E-state index in [1.165, 1.54) is 6.92 Å². The summed E-state index contributed by atoms with van der Waals surface area (Å²) in [5.41, 5.74) is -1.01. The van der Waals surface area contributed by atoms with Crippen molar-refractivity contribution in [1.29, 1.82) is 0 Å². The van der Waals surface area contributed by atoms with E-state index in [4.69, 9.17) is 0 Å². The molecule has 0 amide bonds. The van der Waals surface area contributed by atoms with Gasteiger partial charge in [-0.2, -0.15) is 4.90 Å². The van der Waals surface area contributed by atoms with Crippen molar-refractivity contribution in [3.05, 3.63) is 36.8 Å². The number of aryl methyl sites for hydroxylation is 1. The predicted octanol–water partition coefficient (Wildman–Crippen LogP) is -7.99. The molecule has 0 radical (unpaired) electrons. The minimum Gasteiger partial charge on any atom is -0.674 e. The summed E-state index contributed by atoms with van der Waals surface area (Å²) >= 11 is 0. The van der Waals surface area contributed by atoms with Gasteiger partial charge in [0.15, 0.2) is 0 Å². The van der Waals surface area contributed by atoms with Crippen LogP contribution in [0, 0.1) is 27.5 Å². The van der Waals surface area contributed by atoms with Gasteiger partial charge in [0.1, 0.15) is 5.82 Å². The fourth-order valence-electron chi connectivity index (χ4n) is 0.777. The third-order valence-corrected chi connectivity index (χ3v) is 1.27. The zero-order chi connectivity index (χ0) is 10.9. The fourth-order valence-corrected chi connectivity index (χ4v) is 0.777. The summed E-state index contributed by atoms with van der Waals surface area (Å²) in [6.07, 6.45) is 0. The average Bonchev–Trinajstić information content (AvgIpc) is 2.29. The van der Waals surface area contributed by atoms with Gasteiger partial charge in [0, 0.05) is 6.92 Å². The molecule has 0 fully saturated rings. The number of nitro groups is 1. The molecule has 0 aliphatic heterocycles. The van der Waals surface area contributed by atoms with E-state index in [1.807, 2.05) is 0 Å². The summed E-state index contributed by atoms with van der Waals surface area (Å²) in [6, 6.07) is 0. The van der Waals surface area contributed by atoms with Crippen LogP contribution in [0.3, 0.4) is 0 Å². The summed E-state index contributed by atoms with van der Waals surface area (Å²) in [5, 5.41) is 33.7. The Bertz CT molecular complexity index is 460. The molecule has 1 rings (SSSR count). The summed E-state index contributed by atoms with van der Waals surface area (Å²) < 4.78 is 0.280. The van der Waals surface area contributed by atoms with Crippen LogP contribution in [0.4, 0.5) is 0 Å². The molecule has 1 aromatic rings. The molecular weight excluding hydrogens is 276 g/mol. The van der Waals surface area contributed by atoms with Crippen LogP contribution >= 0.6 is 0 Å². The molecule has 0 unspecified atom stereocenters. The zero-order valence-corrected chi connectivity index (χ0v) is 15.0. The molecule has 0 saturated heterocycles. The minimum absolute atomic E-state index is 0. The van der Waals surface area contributed by atoms with E-state index in [9.17, 15) is 25.3 Å². The Kier molecular flexibility index (Phi) is 9.69. The second-order valence-electron chi connectivity index (χ2n) is 2.17. The summed E-state index contributed by atoms with van der Waals surface area (Å²) in [5.74, 6) is -1.63. The topological polar surface area (TPSA) is 141 Å². The standard InChI is InChI=1S/C4H4N5O5.2K/c1-2-5-3(10)6-7(2)4(8(11)12)9(13)14;;/h1H3,(H-,6,10,11,12);;/q-1;2*+1/p-1. The number of rotatable bonds is 0. The van der Waals surface area contributed by atoms with Gasteiger partial charge in [-0.15, -0.1) is 4.68 Å². The maximum atomic E-state index is 10.6. The molecule has 0 bridgehead atoms. The van der Waals surface area contributed by atoms with E-state index in [0.29, 0.717) is 0 Å². The molecule has 0 aliphatic carbocycles. The Labute approximate surface area is 173 Å². The van der Waals surface area contributed by atoms with Crippen LogP contribution in [-0.4, -0.2) is 25.5 Å². The van der Waals surface area contributed by atoms with Crippen LogP contribution in [0.25, 0.3) is 0 Å². The summed E-state index contributed by atoms with van der Waals surface area (Å²) in [6.45, 7) is 1.20. The Morgan fingerprint density at radius 3 is 2.12 bits per heavy atom. The molecule has 0 N–H and O–H groups in total. The quantitative estimate of drug-likeness (QED) is 0.115. The molecule has 16 heavy (non-hydrogen) atoms. The molecule has 10 nitrogen and oxygen atoms in total. The SMILES string of the molecule is Cc1nc(=O)[n-]n1C([N+](=O)[O-])=[N+]([O-])[O-].[K+].[K+]. The Hall–Kier alpha value is 0.883. The van der Waals surface area contributed by atoms with Gasteiger partial charge >= 0.3 is 109 Å². The van der Waals surface area contributed by atoms with E-state index in [2.05, 4.69) is 10.1 Å². The fraction of sp³-hybridized carbons (Fsp3) is 0.250. The first-order valence-corrected chi connectivity index (χ1v) is 3.20. The first-order valence-electron chi connectivity index (χ1n) is 3.20. The normalized spacial score (nSPS) is 8.56. The van der Waals surface area contributed by atoms with Crippen LogP contribution < -0.4 is 114 Å². The van der Waals surface area contributed by atoms with Gasteiger partial charge in [-0.25, -0.2) is 5.10 Å². The number of hydrogen-bond donors (Lipinski definition) is 0. The Morgan fingerprint density at radius 1 is 1.38 bits per heavy atom. The summed E-state index contributed by atoms with van der Waals surface area (Å²) in [7, 11) is 0. The van der Waals surface area contributed by atoms with Crippen LogP contribution in [0.2, 0.25) is 0 Å². The smallest absolute Gasteiger partial charge is 0.674 e. The number of aromatic nitrogens is 3. The van der Waals surface area contributed by atoms with E-state index >= 15 is 0 Å². The molecule has 76 valence electrons. The van der Waals surface area contributed by atoms with Crippen LogP contribution in [0.15, 0.2) is 4.79 Å². The molecule has 1 heterocycles. The predicted molar refractivity (Wildman–Crippen MR) is 40.9 cm³/mol.